The van der Waals surface area contributed by atoms with Crippen molar-refractivity contribution >= 4 is 5.97 Å². The number of allylic oxidation sites excluding steroid dienone is 1. The predicted octanol–water partition coefficient (Wildman–Crippen LogP) is 0.933. The lowest BCUT2D eigenvalue weighted by Gasteiger charge is -2.20. The Morgan fingerprint density at radius 2 is 1.86 bits per heavy atom. The van der Waals surface area contributed by atoms with E-state index in [2.05, 4.69) is 0 Å². The summed E-state index contributed by atoms with van der Waals surface area (Å²) < 4.78 is 5.17. The van der Waals surface area contributed by atoms with Gasteiger partial charge in [0.25, 0.3) is 0 Å². The first-order valence-corrected chi connectivity index (χ1v) is 7.57. The molecule has 118 valence electrons. The quantitative estimate of drug-likeness (QED) is 0.457. The molecule has 0 bridgehead atoms. The molecule has 2 unspecified atom stereocenters. The highest BCUT2D eigenvalue weighted by atomic mass is 16.5. The molecule has 2 rings (SSSR count). The Morgan fingerprint density at radius 1 is 1.10 bits per heavy atom. The number of cyclic esters (lactones) is 1. The number of hydrogen-bond donors (Lipinski definition) is 3. The van der Waals surface area contributed by atoms with Gasteiger partial charge in [0.1, 0.15) is 0 Å². The fourth-order valence-corrected chi connectivity index (χ4v) is 3.08. The lowest BCUT2D eigenvalue weighted by atomic mass is 9.89. The van der Waals surface area contributed by atoms with Crippen molar-refractivity contribution in [2.24, 2.45) is 11.8 Å². The number of aliphatic hydroxyl groups is 3. The van der Waals surface area contributed by atoms with E-state index in [1.165, 1.54) is 12.2 Å². The zero-order valence-electron chi connectivity index (χ0n) is 12.3. The van der Waals surface area contributed by atoms with E-state index in [0.29, 0.717) is 25.7 Å². The van der Waals surface area contributed by atoms with Crippen LogP contribution in [0.15, 0.2) is 24.3 Å². The molecule has 0 saturated heterocycles. The lowest BCUT2D eigenvalue weighted by Crippen LogP contribution is -2.22. The van der Waals surface area contributed by atoms with Crippen LogP contribution < -0.4 is 0 Å². The molecular formula is C16H24O5. The molecule has 0 aromatic rings. The number of esters is 1. The summed E-state index contributed by atoms with van der Waals surface area (Å²) in [4.78, 5) is 11.6. The van der Waals surface area contributed by atoms with Crippen LogP contribution in [0.3, 0.4) is 0 Å². The molecule has 0 amide bonds. The average molecular weight is 296 g/mol. The normalized spacial score (nSPS) is 44.7. The Kier molecular flexibility index (Phi) is 5.56. The van der Waals surface area contributed by atoms with Crippen molar-refractivity contribution in [3.63, 3.8) is 0 Å². The van der Waals surface area contributed by atoms with Gasteiger partial charge in [-0.15, -0.1) is 0 Å². The molecule has 6 atom stereocenters. The number of aliphatic hydroxyl groups excluding tert-OH is 3. The predicted molar refractivity (Wildman–Crippen MR) is 77.3 cm³/mol. The monoisotopic (exact) mass is 296 g/mol. The van der Waals surface area contributed by atoms with Gasteiger partial charge in [-0.1, -0.05) is 12.2 Å². The molecular weight excluding hydrogens is 272 g/mol. The summed E-state index contributed by atoms with van der Waals surface area (Å²) in [5.41, 5.74) is 0. The highest BCUT2D eigenvalue weighted by Gasteiger charge is 2.35. The average Bonchev–Trinajstić information content (AvgIpc) is 2.80. The number of rotatable bonds is 0. The van der Waals surface area contributed by atoms with Crippen LogP contribution in [0.4, 0.5) is 0 Å². The second kappa shape index (κ2) is 7.20. The van der Waals surface area contributed by atoms with E-state index in [4.69, 9.17) is 4.74 Å². The molecule has 0 aromatic carbocycles. The molecule has 1 heterocycles. The standard InChI is InChI=1S/C16H24O5/c1-10-2-4-12(17)5-3-11-8-13(18)9-14(11)15(19)6-7-16(20)21-10/h3,5-7,10-15,17-19H,2,4,8-9H2,1H3/b5-3+,7-6+/t10?,11?,12-,13-,14+,15+/m0/s1. The van der Waals surface area contributed by atoms with E-state index in [1.807, 2.05) is 6.08 Å². The molecule has 0 radical (unpaired) electrons. The second-order valence-corrected chi connectivity index (χ2v) is 6.08. The van der Waals surface area contributed by atoms with Crippen LogP contribution in [0.2, 0.25) is 0 Å². The molecule has 1 saturated carbocycles. The second-order valence-electron chi connectivity index (χ2n) is 6.08. The van der Waals surface area contributed by atoms with E-state index >= 15 is 0 Å². The molecule has 1 aliphatic carbocycles. The number of carbonyl (C=O) groups excluding carboxylic acids is 1. The highest BCUT2D eigenvalue weighted by Crippen LogP contribution is 2.36. The molecule has 0 spiro atoms. The van der Waals surface area contributed by atoms with Crippen LogP contribution in [0, 0.1) is 11.8 Å². The van der Waals surface area contributed by atoms with Crippen molar-refractivity contribution in [1.29, 1.82) is 0 Å². The summed E-state index contributed by atoms with van der Waals surface area (Å²) in [7, 11) is 0. The maximum atomic E-state index is 11.6. The third-order valence-corrected chi connectivity index (χ3v) is 4.27. The van der Waals surface area contributed by atoms with Gasteiger partial charge in [-0.25, -0.2) is 4.79 Å². The first-order chi connectivity index (χ1) is 9.95. The van der Waals surface area contributed by atoms with Gasteiger partial charge < -0.3 is 20.1 Å². The zero-order valence-corrected chi connectivity index (χ0v) is 12.3. The first kappa shape index (κ1) is 16.2. The van der Waals surface area contributed by atoms with Crippen LogP contribution in [-0.4, -0.2) is 45.7 Å². The number of hydrogen-bond acceptors (Lipinski definition) is 5. The summed E-state index contributed by atoms with van der Waals surface area (Å²) >= 11 is 0. The molecule has 5 heteroatoms. The summed E-state index contributed by atoms with van der Waals surface area (Å²) in [6.45, 7) is 1.78. The van der Waals surface area contributed by atoms with Gasteiger partial charge in [0.05, 0.1) is 24.4 Å². The maximum Gasteiger partial charge on any atom is 0.330 e. The Morgan fingerprint density at radius 3 is 2.62 bits per heavy atom. The van der Waals surface area contributed by atoms with Gasteiger partial charge in [-0.3, -0.25) is 0 Å². The summed E-state index contributed by atoms with van der Waals surface area (Å²) in [5.74, 6) is -0.632. The number of carbonyl (C=O) groups is 1. The fourth-order valence-electron chi connectivity index (χ4n) is 3.08. The molecule has 5 nitrogen and oxygen atoms in total. The van der Waals surface area contributed by atoms with Crippen LogP contribution in [0.25, 0.3) is 0 Å². The molecule has 3 N–H and O–H groups in total. The van der Waals surface area contributed by atoms with Gasteiger partial charge in [-0.2, -0.15) is 0 Å². The van der Waals surface area contributed by atoms with Gasteiger partial charge in [0.15, 0.2) is 0 Å². The number of fused-ring (bicyclic) bond motifs is 1. The van der Waals surface area contributed by atoms with Crippen molar-refractivity contribution in [3.05, 3.63) is 24.3 Å². The molecule has 1 aliphatic heterocycles. The molecule has 0 aromatic heterocycles. The summed E-state index contributed by atoms with van der Waals surface area (Å²) in [6, 6.07) is 0. The van der Waals surface area contributed by atoms with E-state index < -0.39 is 24.3 Å². The Balaban J connectivity index is 2.16. The van der Waals surface area contributed by atoms with Crippen LogP contribution in [-0.2, 0) is 9.53 Å². The van der Waals surface area contributed by atoms with Gasteiger partial charge in [-0.05, 0) is 50.5 Å². The van der Waals surface area contributed by atoms with Gasteiger partial charge >= 0.3 is 5.97 Å². The van der Waals surface area contributed by atoms with Crippen molar-refractivity contribution in [2.45, 2.75) is 57.0 Å². The minimum atomic E-state index is -0.808. The number of ether oxygens (including phenoxy) is 1. The Bertz CT molecular complexity index is 417. The fraction of sp³-hybridized carbons (Fsp3) is 0.688. The van der Waals surface area contributed by atoms with Crippen molar-refractivity contribution in [2.75, 3.05) is 0 Å². The smallest absolute Gasteiger partial charge is 0.330 e. The molecule has 1 fully saturated rings. The lowest BCUT2D eigenvalue weighted by molar-refractivity contribution is -0.142. The minimum absolute atomic E-state index is 0.00324. The molecule has 21 heavy (non-hydrogen) atoms. The van der Waals surface area contributed by atoms with E-state index in [9.17, 15) is 20.1 Å². The van der Waals surface area contributed by atoms with E-state index in [1.54, 1.807) is 13.0 Å². The first-order valence-electron chi connectivity index (χ1n) is 7.57. The summed E-state index contributed by atoms with van der Waals surface area (Å²) in [5, 5.41) is 29.9. The third kappa shape index (κ3) is 4.66. The topological polar surface area (TPSA) is 87.0 Å². The third-order valence-electron chi connectivity index (χ3n) is 4.27. The van der Waals surface area contributed by atoms with Crippen molar-refractivity contribution in [3.8, 4) is 0 Å². The maximum absolute atomic E-state index is 11.6. The molecule has 2 aliphatic rings. The summed E-state index contributed by atoms with van der Waals surface area (Å²) in [6.07, 6.45) is 6.30. The Labute approximate surface area is 124 Å². The largest absolute Gasteiger partial charge is 0.460 e. The minimum Gasteiger partial charge on any atom is -0.460 e. The SMILES string of the molecule is CC1CC[C@H](O)/C=C/C2C[C@H](O)C[C@H]2[C@H](O)/C=C/C(=O)O1. The van der Waals surface area contributed by atoms with E-state index in [-0.39, 0.29) is 17.9 Å². The van der Waals surface area contributed by atoms with Crippen molar-refractivity contribution < 1.29 is 24.9 Å². The van der Waals surface area contributed by atoms with Crippen LogP contribution >= 0.6 is 0 Å². The van der Waals surface area contributed by atoms with Crippen LogP contribution in [0.1, 0.15) is 32.6 Å². The van der Waals surface area contributed by atoms with Gasteiger partial charge in [0.2, 0.25) is 0 Å². The van der Waals surface area contributed by atoms with Crippen molar-refractivity contribution in [1.82, 2.24) is 0 Å². The zero-order chi connectivity index (χ0) is 15.4. The van der Waals surface area contributed by atoms with Crippen LogP contribution in [0.5, 0.6) is 0 Å². The van der Waals surface area contributed by atoms with Gasteiger partial charge in [0, 0.05) is 6.08 Å². The Hall–Kier alpha value is -1.17. The van der Waals surface area contributed by atoms with E-state index in [0.717, 1.165) is 0 Å². The highest BCUT2D eigenvalue weighted by molar-refractivity contribution is 5.82.